The van der Waals surface area contributed by atoms with E-state index in [2.05, 4.69) is 4.99 Å². The molecule has 0 aliphatic carbocycles. The van der Waals surface area contributed by atoms with Gasteiger partial charge >= 0.3 is 12.2 Å². The van der Waals surface area contributed by atoms with Crippen molar-refractivity contribution in [2.24, 2.45) is 10.9 Å². The van der Waals surface area contributed by atoms with E-state index in [4.69, 9.17) is 4.74 Å². The summed E-state index contributed by atoms with van der Waals surface area (Å²) in [5.74, 6) is -3.80. The number of alkyl halides is 3. The fraction of sp³-hybridized carbons (Fsp3) is 0.158. The van der Waals surface area contributed by atoms with Crippen molar-refractivity contribution in [1.82, 2.24) is 5.32 Å². The van der Waals surface area contributed by atoms with E-state index in [1.165, 1.54) is 13.2 Å². The van der Waals surface area contributed by atoms with Crippen molar-refractivity contribution in [2.45, 2.75) is 6.18 Å². The highest BCUT2D eigenvalue weighted by molar-refractivity contribution is 6.32. The summed E-state index contributed by atoms with van der Waals surface area (Å²) in [6.45, 7) is 0. The number of imide groups is 2. The zero-order valence-corrected chi connectivity index (χ0v) is 16.1. The lowest BCUT2D eigenvalue weighted by atomic mass is 10.0. The van der Waals surface area contributed by atoms with Crippen molar-refractivity contribution in [3.05, 3.63) is 58.1 Å². The maximum absolute atomic E-state index is 13.0. The molecule has 1 aliphatic heterocycles. The van der Waals surface area contributed by atoms with Gasteiger partial charge in [0.1, 0.15) is 11.4 Å². The fourth-order valence-electron chi connectivity index (χ4n) is 2.84. The number of anilines is 1. The number of ether oxygens (including phenoxy) is 1. The number of carbonyl (C=O) groups excluding carboxylic acids is 3. The van der Waals surface area contributed by atoms with Gasteiger partial charge in [-0.1, -0.05) is 6.07 Å². The molecule has 32 heavy (non-hydrogen) atoms. The molecule has 1 aliphatic rings. The standard InChI is InChI=1S/C19H13F3N4O6/c1-32-15-6-5-12(26(30)31)8-14(15)23-9-13-16(27)24-18(29)25(17(13)28)11-4-2-3-10(7-11)19(20,21)22/h2-9,13H,1H3,(H,24,27,29)/t13-/m0/s1. The minimum Gasteiger partial charge on any atom is -0.494 e. The predicted octanol–water partition coefficient (Wildman–Crippen LogP) is 3.22. The van der Waals surface area contributed by atoms with Crippen LogP contribution in [0.4, 0.5) is 35.0 Å². The van der Waals surface area contributed by atoms with Gasteiger partial charge in [-0.05, 0) is 24.3 Å². The SMILES string of the molecule is COc1ccc([N+](=O)[O-])cc1N=C[C@H]1C(=O)NC(=O)N(c2cccc(C(F)(F)F)c2)C1=O. The quantitative estimate of drug-likeness (QED) is 0.322. The number of hydrogen-bond donors (Lipinski definition) is 1. The number of nitro groups is 1. The highest BCUT2D eigenvalue weighted by Crippen LogP contribution is 2.33. The molecular formula is C19H13F3N4O6. The minimum atomic E-state index is -4.72. The van der Waals surface area contributed by atoms with Crippen molar-refractivity contribution in [3.8, 4) is 5.75 Å². The first-order valence-electron chi connectivity index (χ1n) is 8.75. The zero-order valence-electron chi connectivity index (χ0n) is 16.1. The summed E-state index contributed by atoms with van der Waals surface area (Å²) in [6.07, 6.45) is -3.90. The number of nitrogens with zero attached hydrogens (tertiary/aromatic N) is 3. The molecule has 2 aromatic carbocycles. The molecule has 3 rings (SSSR count). The van der Waals surface area contributed by atoms with E-state index in [1.807, 2.05) is 5.32 Å². The number of aliphatic imine (C=N–C) groups is 1. The normalized spacial score (nSPS) is 16.9. The molecule has 10 nitrogen and oxygen atoms in total. The summed E-state index contributed by atoms with van der Waals surface area (Å²) in [6, 6.07) is 5.68. The van der Waals surface area contributed by atoms with Crippen LogP contribution in [0.3, 0.4) is 0 Å². The van der Waals surface area contributed by atoms with Crippen molar-refractivity contribution in [1.29, 1.82) is 0 Å². The highest BCUT2D eigenvalue weighted by Gasteiger charge is 2.41. The minimum absolute atomic E-state index is 0.0789. The number of methoxy groups -OCH3 is 1. The first-order valence-corrected chi connectivity index (χ1v) is 8.75. The first-order chi connectivity index (χ1) is 15.0. The van der Waals surface area contributed by atoms with Crippen LogP contribution in [0.15, 0.2) is 47.5 Å². The number of amides is 4. The molecule has 1 saturated heterocycles. The summed E-state index contributed by atoms with van der Waals surface area (Å²) >= 11 is 0. The van der Waals surface area contributed by atoms with Crippen molar-refractivity contribution in [2.75, 3.05) is 12.0 Å². The maximum atomic E-state index is 13.0. The molecule has 1 fully saturated rings. The molecule has 1 atom stereocenters. The van der Waals surface area contributed by atoms with Gasteiger partial charge in [0.2, 0.25) is 5.91 Å². The van der Waals surface area contributed by atoms with Crippen LogP contribution < -0.4 is 15.0 Å². The Hall–Kier alpha value is -4.29. The third-order valence-corrected chi connectivity index (χ3v) is 4.37. The molecular weight excluding hydrogens is 437 g/mol. The molecule has 0 radical (unpaired) electrons. The van der Waals surface area contributed by atoms with E-state index < -0.39 is 46.1 Å². The Morgan fingerprint density at radius 1 is 1.19 bits per heavy atom. The van der Waals surface area contributed by atoms with Crippen LogP contribution >= 0.6 is 0 Å². The van der Waals surface area contributed by atoms with Crippen LogP contribution in [0.25, 0.3) is 0 Å². The predicted molar refractivity (Wildman–Crippen MR) is 104 cm³/mol. The Morgan fingerprint density at radius 2 is 1.91 bits per heavy atom. The molecule has 0 saturated carbocycles. The van der Waals surface area contributed by atoms with E-state index in [9.17, 15) is 37.7 Å². The number of carbonyl (C=O) groups is 3. The molecule has 1 heterocycles. The summed E-state index contributed by atoms with van der Waals surface area (Å²) in [7, 11) is 1.27. The summed E-state index contributed by atoms with van der Waals surface area (Å²) in [4.78, 5) is 51.7. The van der Waals surface area contributed by atoms with Gasteiger partial charge in [0, 0.05) is 18.3 Å². The van der Waals surface area contributed by atoms with Crippen LogP contribution in [-0.4, -0.2) is 36.1 Å². The number of benzene rings is 2. The molecule has 166 valence electrons. The number of rotatable bonds is 5. The number of nitro benzene ring substituents is 1. The van der Waals surface area contributed by atoms with E-state index in [-0.39, 0.29) is 17.1 Å². The van der Waals surface area contributed by atoms with Gasteiger partial charge in [0.25, 0.3) is 11.6 Å². The second-order valence-electron chi connectivity index (χ2n) is 6.39. The summed E-state index contributed by atoms with van der Waals surface area (Å²) < 4.78 is 44.0. The topological polar surface area (TPSA) is 131 Å². The second kappa shape index (κ2) is 8.45. The number of barbiturate groups is 1. The molecule has 13 heteroatoms. The van der Waals surface area contributed by atoms with Gasteiger partial charge in [-0.2, -0.15) is 13.2 Å². The van der Waals surface area contributed by atoms with Gasteiger partial charge in [0.15, 0.2) is 5.92 Å². The lowest BCUT2D eigenvalue weighted by Gasteiger charge is -2.28. The van der Waals surface area contributed by atoms with Crippen LogP contribution in [0.5, 0.6) is 5.75 Å². The molecule has 0 bridgehead atoms. The molecule has 0 unspecified atom stereocenters. The number of urea groups is 1. The Bertz CT molecular complexity index is 1150. The monoisotopic (exact) mass is 450 g/mol. The van der Waals surface area contributed by atoms with Gasteiger partial charge in [0.05, 0.1) is 23.3 Å². The van der Waals surface area contributed by atoms with Gasteiger partial charge in [-0.25, -0.2) is 9.69 Å². The van der Waals surface area contributed by atoms with Crippen LogP contribution in [-0.2, 0) is 15.8 Å². The third-order valence-electron chi connectivity index (χ3n) is 4.37. The first kappa shape index (κ1) is 22.4. The van der Waals surface area contributed by atoms with Crippen molar-refractivity contribution >= 4 is 41.1 Å². The van der Waals surface area contributed by atoms with Gasteiger partial charge in [-0.15, -0.1) is 0 Å². The van der Waals surface area contributed by atoms with Crippen LogP contribution in [0.2, 0.25) is 0 Å². The average molecular weight is 450 g/mol. The van der Waals surface area contributed by atoms with Gasteiger partial charge in [-0.3, -0.25) is 30.0 Å². The summed E-state index contributed by atoms with van der Waals surface area (Å²) in [5.41, 5.74) is -1.91. The van der Waals surface area contributed by atoms with Crippen molar-refractivity contribution in [3.63, 3.8) is 0 Å². The molecule has 4 amide bonds. The fourth-order valence-corrected chi connectivity index (χ4v) is 2.84. The third kappa shape index (κ3) is 4.40. The van der Waals surface area contributed by atoms with E-state index in [0.29, 0.717) is 11.0 Å². The molecule has 2 aromatic rings. The van der Waals surface area contributed by atoms with E-state index in [0.717, 1.165) is 36.5 Å². The van der Waals surface area contributed by atoms with Crippen molar-refractivity contribution < 1.29 is 37.2 Å². The Morgan fingerprint density at radius 3 is 2.53 bits per heavy atom. The molecule has 0 spiro atoms. The van der Waals surface area contributed by atoms with E-state index >= 15 is 0 Å². The lowest BCUT2D eigenvalue weighted by molar-refractivity contribution is -0.384. The van der Waals surface area contributed by atoms with E-state index in [1.54, 1.807) is 0 Å². The Labute approximate surface area is 177 Å². The number of nitrogens with one attached hydrogen (secondary N) is 1. The molecule has 0 aromatic heterocycles. The zero-order chi connectivity index (χ0) is 23.6. The second-order valence-corrected chi connectivity index (χ2v) is 6.39. The number of non-ortho nitro benzene ring substituents is 1. The number of halogens is 3. The smallest absolute Gasteiger partial charge is 0.416 e. The highest BCUT2D eigenvalue weighted by atomic mass is 19.4. The van der Waals surface area contributed by atoms with Crippen LogP contribution in [0, 0.1) is 16.0 Å². The number of hydrogen-bond acceptors (Lipinski definition) is 7. The maximum Gasteiger partial charge on any atom is 0.416 e. The lowest BCUT2D eigenvalue weighted by Crippen LogP contribution is -2.58. The van der Waals surface area contributed by atoms with Gasteiger partial charge < -0.3 is 4.74 Å². The summed E-state index contributed by atoms with van der Waals surface area (Å²) in [5, 5.41) is 12.8. The Kier molecular flexibility index (Phi) is 5.91. The average Bonchev–Trinajstić information content (AvgIpc) is 2.72. The largest absolute Gasteiger partial charge is 0.494 e. The molecule has 1 N–H and O–H groups in total. The Balaban J connectivity index is 1.96. The van der Waals surface area contributed by atoms with Crippen LogP contribution in [0.1, 0.15) is 5.56 Å².